The van der Waals surface area contributed by atoms with E-state index in [9.17, 15) is 9.59 Å². The Balaban J connectivity index is 1.55. The van der Waals surface area contributed by atoms with Gasteiger partial charge in [-0.3, -0.25) is 19.1 Å². The number of rotatable bonds is 8. The molecule has 1 aromatic carbocycles. The molecule has 0 spiro atoms. The molecule has 1 aliphatic heterocycles. The van der Waals surface area contributed by atoms with Gasteiger partial charge in [0.25, 0.3) is 5.56 Å². The second kappa shape index (κ2) is 11.1. The van der Waals surface area contributed by atoms with Crippen molar-refractivity contribution >= 4 is 33.6 Å². The molecule has 0 bridgehead atoms. The standard InChI is InChI=1S/C21H27BrN4O3S/c1-15-18(13-16-3-5-17(22)6-4-16)20(28)25(2)21(24-15)30-14-19(27)23-7-8-26-9-11-29-12-10-26/h3-6H,7-14H2,1-2H3,(H,23,27). The summed E-state index contributed by atoms with van der Waals surface area (Å²) in [5.74, 6) is 0.175. The van der Waals surface area contributed by atoms with Gasteiger partial charge in [-0.1, -0.05) is 39.8 Å². The molecule has 1 N–H and O–H groups in total. The van der Waals surface area contributed by atoms with Crippen molar-refractivity contribution in [3.05, 3.63) is 55.9 Å². The molecule has 9 heteroatoms. The van der Waals surface area contributed by atoms with E-state index in [1.54, 1.807) is 7.05 Å². The summed E-state index contributed by atoms with van der Waals surface area (Å²) in [6.07, 6.45) is 0.533. The van der Waals surface area contributed by atoms with E-state index < -0.39 is 0 Å². The molecule has 7 nitrogen and oxygen atoms in total. The summed E-state index contributed by atoms with van der Waals surface area (Å²) in [5, 5.41) is 3.49. The van der Waals surface area contributed by atoms with E-state index in [-0.39, 0.29) is 17.2 Å². The van der Waals surface area contributed by atoms with Gasteiger partial charge < -0.3 is 10.1 Å². The molecule has 1 amide bonds. The summed E-state index contributed by atoms with van der Waals surface area (Å²) in [4.78, 5) is 31.9. The highest BCUT2D eigenvalue weighted by Crippen LogP contribution is 2.17. The van der Waals surface area contributed by atoms with Gasteiger partial charge in [0.1, 0.15) is 0 Å². The summed E-state index contributed by atoms with van der Waals surface area (Å²) < 4.78 is 7.86. The predicted molar refractivity (Wildman–Crippen MR) is 122 cm³/mol. The fourth-order valence-corrected chi connectivity index (χ4v) is 4.33. The van der Waals surface area contributed by atoms with Crippen LogP contribution >= 0.6 is 27.7 Å². The van der Waals surface area contributed by atoms with Gasteiger partial charge in [-0.25, -0.2) is 4.98 Å². The number of thioether (sulfide) groups is 1. The van der Waals surface area contributed by atoms with Crippen molar-refractivity contribution in [2.24, 2.45) is 7.05 Å². The zero-order chi connectivity index (χ0) is 21.5. The molecule has 30 heavy (non-hydrogen) atoms. The van der Waals surface area contributed by atoms with Crippen LogP contribution in [0.15, 0.2) is 38.7 Å². The number of halogens is 1. The van der Waals surface area contributed by atoms with E-state index in [1.165, 1.54) is 16.3 Å². The summed E-state index contributed by atoms with van der Waals surface area (Å²) in [6.45, 7) is 6.59. The first-order valence-corrected chi connectivity index (χ1v) is 11.7. The van der Waals surface area contributed by atoms with Crippen LogP contribution in [0.5, 0.6) is 0 Å². The number of benzene rings is 1. The average molecular weight is 495 g/mol. The van der Waals surface area contributed by atoms with Crippen molar-refractivity contribution in [2.75, 3.05) is 45.1 Å². The minimum atomic E-state index is -0.0688. The smallest absolute Gasteiger partial charge is 0.257 e. The number of hydrogen-bond acceptors (Lipinski definition) is 6. The van der Waals surface area contributed by atoms with Crippen molar-refractivity contribution in [3.8, 4) is 0 Å². The number of nitrogens with zero attached hydrogens (tertiary/aromatic N) is 3. The SMILES string of the molecule is Cc1nc(SCC(=O)NCCN2CCOCC2)n(C)c(=O)c1Cc1ccc(Br)cc1. The number of nitrogens with one attached hydrogen (secondary N) is 1. The number of carbonyl (C=O) groups excluding carboxylic acids is 1. The van der Waals surface area contributed by atoms with Crippen LogP contribution in [0.3, 0.4) is 0 Å². The second-order valence-electron chi connectivity index (χ2n) is 7.22. The van der Waals surface area contributed by atoms with Gasteiger partial charge in [-0.2, -0.15) is 0 Å². The summed E-state index contributed by atoms with van der Waals surface area (Å²) in [5.41, 5.74) is 2.37. The highest BCUT2D eigenvalue weighted by Gasteiger charge is 2.15. The highest BCUT2D eigenvalue weighted by atomic mass is 79.9. The molecule has 0 unspecified atom stereocenters. The molecule has 162 valence electrons. The third-order valence-corrected chi connectivity index (χ3v) is 6.59. The van der Waals surface area contributed by atoms with Crippen LogP contribution in [0.25, 0.3) is 0 Å². The van der Waals surface area contributed by atoms with E-state index >= 15 is 0 Å². The lowest BCUT2D eigenvalue weighted by Gasteiger charge is -2.26. The molecule has 0 saturated carbocycles. The van der Waals surface area contributed by atoms with Crippen LogP contribution < -0.4 is 10.9 Å². The van der Waals surface area contributed by atoms with Gasteiger partial charge in [0.15, 0.2) is 5.16 Å². The van der Waals surface area contributed by atoms with E-state index in [1.807, 2.05) is 31.2 Å². The zero-order valence-corrected chi connectivity index (χ0v) is 19.7. The Kier molecular flexibility index (Phi) is 8.50. The van der Waals surface area contributed by atoms with Crippen LogP contribution in [0.1, 0.15) is 16.8 Å². The van der Waals surface area contributed by atoms with Gasteiger partial charge in [0.2, 0.25) is 5.91 Å². The lowest BCUT2D eigenvalue weighted by atomic mass is 10.1. The van der Waals surface area contributed by atoms with Gasteiger partial charge in [-0.05, 0) is 24.6 Å². The first kappa shape index (κ1) is 23.0. The van der Waals surface area contributed by atoms with Crippen LogP contribution in [-0.4, -0.2) is 65.5 Å². The minimum Gasteiger partial charge on any atom is -0.379 e. The summed E-state index contributed by atoms with van der Waals surface area (Å²) >= 11 is 4.71. The molecule has 2 heterocycles. The number of aryl methyl sites for hydroxylation is 1. The monoisotopic (exact) mass is 494 g/mol. The van der Waals surface area contributed by atoms with E-state index in [0.717, 1.165) is 42.9 Å². The quantitative estimate of drug-likeness (QED) is 0.446. The summed E-state index contributed by atoms with van der Waals surface area (Å²) in [6, 6.07) is 7.91. The molecule has 1 saturated heterocycles. The lowest BCUT2D eigenvalue weighted by Crippen LogP contribution is -2.41. The Bertz CT molecular complexity index is 927. The number of morpholine rings is 1. The Hall–Kier alpha value is -1.68. The van der Waals surface area contributed by atoms with Crippen molar-refractivity contribution in [2.45, 2.75) is 18.5 Å². The van der Waals surface area contributed by atoms with Crippen LogP contribution in [-0.2, 0) is 23.0 Å². The maximum absolute atomic E-state index is 12.9. The van der Waals surface area contributed by atoms with Crippen molar-refractivity contribution in [1.82, 2.24) is 19.8 Å². The molecule has 0 aliphatic carbocycles. The minimum absolute atomic E-state index is 0.0564. The van der Waals surface area contributed by atoms with Crippen LogP contribution in [0.4, 0.5) is 0 Å². The van der Waals surface area contributed by atoms with E-state index in [0.29, 0.717) is 29.4 Å². The normalized spacial score (nSPS) is 14.6. The third-order valence-electron chi connectivity index (χ3n) is 5.03. The summed E-state index contributed by atoms with van der Waals surface area (Å²) in [7, 11) is 1.71. The Labute approximate surface area is 189 Å². The highest BCUT2D eigenvalue weighted by molar-refractivity contribution is 9.10. The molecule has 3 rings (SSSR count). The van der Waals surface area contributed by atoms with Gasteiger partial charge in [0.05, 0.1) is 19.0 Å². The fraction of sp³-hybridized carbons (Fsp3) is 0.476. The lowest BCUT2D eigenvalue weighted by molar-refractivity contribution is -0.118. The number of hydrogen-bond donors (Lipinski definition) is 1. The molecule has 0 radical (unpaired) electrons. The number of aromatic nitrogens is 2. The maximum Gasteiger partial charge on any atom is 0.257 e. The van der Waals surface area contributed by atoms with E-state index in [4.69, 9.17) is 4.74 Å². The Morgan fingerprint density at radius 2 is 1.97 bits per heavy atom. The molecule has 1 aromatic heterocycles. The number of carbonyl (C=O) groups is 1. The van der Waals surface area contributed by atoms with Crippen molar-refractivity contribution < 1.29 is 9.53 Å². The molecular weight excluding hydrogens is 468 g/mol. The average Bonchev–Trinajstić information content (AvgIpc) is 2.75. The van der Waals surface area contributed by atoms with Crippen LogP contribution in [0, 0.1) is 6.92 Å². The molecular formula is C21H27BrN4O3S. The second-order valence-corrected chi connectivity index (χ2v) is 9.08. The van der Waals surface area contributed by atoms with Crippen molar-refractivity contribution in [1.29, 1.82) is 0 Å². The topological polar surface area (TPSA) is 76.5 Å². The number of amides is 1. The molecule has 1 fully saturated rings. The molecule has 1 aliphatic rings. The maximum atomic E-state index is 12.9. The predicted octanol–water partition coefficient (Wildman–Crippen LogP) is 1.98. The zero-order valence-electron chi connectivity index (χ0n) is 17.3. The first-order chi connectivity index (χ1) is 14.4. The van der Waals surface area contributed by atoms with Crippen molar-refractivity contribution in [3.63, 3.8) is 0 Å². The number of ether oxygens (including phenoxy) is 1. The Morgan fingerprint density at radius 3 is 2.67 bits per heavy atom. The largest absolute Gasteiger partial charge is 0.379 e. The fourth-order valence-electron chi connectivity index (χ4n) is 3.23. The van der Waals surface area contributed by atoms with Gasteiger partial charge >= 0.3 is 0 Å². The van der Waals surface area contributed by atoms with Gasteiger partial charge in [-0.15, -0.1) is 0 Å². The van der Waals surface area contributed by atoms with E-state index in [2.05, 4.69) is 31.1 Å². The van der Waals surface area contributed by atoms with Crippen LogP contribution in [0.2, 0.25) is 0 Å². The third kappa shape index (κ3) is 6.41. The first-order valence-electron chi connectivity index (χ1n) is 9.94. The van der Waals surface area contributed by atoms with Gasteiger partial charge in [0, 0.05) is 55.4 Å². The molecule has 2 aromatic rings. The Morgan fingerprint density at radius 1 is 1.27 bits per heavy atom. The molecule has 0 atom stereocenters.